The van der Waals surface area contributed by atoms with Crippen molar-refractivity contribution >= 4 is 28.4 Å². The number of amides is 2. The molecule has 6 heteroatoms. The van der Waals surface area contributed by atoms with Gasteiger partial charge < -0.3 is 24.7 Å². The zero-order valence-electron chi connectivity index (χ0n) is 14.4. The third-order valence-corrected chi connectivity index (χ3v) is 4.38. The Kier molecular flexibility index (Phi) is 4.75. The minimum atomic E-state index is -0.260. The lowest BCUT2D eigenvalue weighted by Gasteiger charge is -2.29. The van der Waals surface area contributed by atoms with Gasteiger partial charge in [-0.3, -0.25) is 0 Å². The maximum Gasteiger partial charge on any atom is 0.319 e. The molecule has 4 rings (SSSR count). The van der Waals surface area contributed by atoms with E-state index in [-0.39, 0.29) is 6.03 Å². The highest BCUT2D eigenvalue weighted by molar-refractivity contribution is 5.89. The Balaban J connectivity index is 1.35. The molecule has 2 N–H and O–H groups in total. The van der Waals surface area contributed by atoms with Gasteiger partial charge in [0.05, 0.1) is 19.8 Å². The Labute approximate surface area is 151 Å². The van der Waals surface area contributed by atoms with Crippen LogP contribution >= 0.6 is 0 Å². The number of nitrogens with zero attached hydrogens (tertiary/aromatic N) is 1. The van der Waals surface area contributed by atoms with E-state index < -0.39 is 0 Å². The first-order chi connectivity index (χ1) is 12.8. The predicted molar refractivity (Wildman–Crippen MR) is 102 cm³/mol. The molecule has 134 valence electrons. The standard InChI is InChI=1S/C20H21N3O3/c24-20(21-14-18-12-15-4-1-2-7-19(15)26-18)22-16-5-3-6-17(13-16)23-8-10-25-11-9-23/h1-7,12-13H,8-11,14H2,(H2,21,22,24). The van der Waals surface area contributed by atoms with Crippen LogP contribution in [-0.2, 0) is 11.3 Å². The van der Waals surface area contributed by atoms with E-state index in [1.165, 1.54) is 0 Å². The van der Waals surface area contributed by atoms with E-state index >= 15 is 0 Å². The summed E-state index contributed by atoms with van der Waals surface area (Å²) in [6.07, 6.45) is 0. The largest absolute Gasteiger partial charge is 0.459 e. The number of morpholine rings is 1. The number of hydrogen-bond acceptors (Lipinski definition) is 4. The number of furan rings is 1. The maximum absolute atomic E-state index is 12.2. The second-order valence-electron chi connectivity index (χ2n) is 6.21. The van der Waals surface area contributed by atoms with Gasteiger partial charge in [0.25, 0.3) is 0 Å². The fraction of sp³-hybridized carbons (Fsp3) is 0.250. The van der Waals surface area contributed by atoms with Gasteiger partial charge in [-0.25, -0.2) is 4.79 Å². The molecule has 0 unspecified atom stereocenters. The van der Waals surface area contributed by atoms with Crippen LogP contribution in [0.5, 0.6) is 0 Å². The zero-order chi connectivity index (χ0) is 17.8. The fourth-order valence-electron chi connectivity index (χ4n) is 3.07. The van der Waals surface area contributed by atoms with Crippen LogP contribution in [0.25, 0.3) is 11.0 Å². The maximum atomic E-state index is 12.2. The normalized spacial score (nSPS) is 14.4. The smallest absolute Gasteiger partial charge is 0.319 e. The summed E-state index contributed by atoms with van der Waals surface area (Å²) < 4.78 is 11.1. The molecule has 0 atom stereocenters. The molecule has 0 aliphatic carbocycles. The molecule has 2 amide bonds. The highest BCUT2D eigenvalue weighted by atomic mass is 16.5. The molecule has 6 nitrogen and oxygen atoms in total. The summed E-state index contributed by atoms with van der Waals surface area (Å²) in [6.45, 7) is 3.53. The van der Waals surface area contributed by atoms with E-state index in [0.29, 0.717) is 6.54 Å². The van der Waals surface area contributed by atoms with E-state index in [4.69, 9.17) is 9.15 Å². The molecular weight excluding hydrogens is 330 g/mol. The van der Waals surface area contributed by atoms with Crippen molar-refractivity contribution in [3.8, 4) is 0 Å². The van der Waals surface area contributed by atoms with Crippen LogP contribution in [0.3, 0.4) is 0 Å². The zero-order valence-corrected chi connectivity index (χ0v) is 14.4. The fourth-order valence-corrected chi connectivity index (χ4v) is 3.07. The molecular formula is C20H21N3O3. The summed E-state index contributed by atoms with van der Waals surface area (Å²) in [4.78, 5) is 14.4. The lowest BCUT2D eigenvalue weighted by atomic mass is 10.2. The first-order valence-corrected chi connectivity index (χ1v) is 8.73. The number of para-hydroxylation sites is 1. The lowest BCUT2D eigenvalue weighted by molar-refractivity contribution is 0.122. The van der Waals surface area contributed by atoms with Crippen molar-refractivity contribution in [1.29, 1.82) is 0 Å². The van der Waals surface area contributed by atoms with Gasteiger partial charge in [-0.1, -0.05) is 24.3 Å². The Morgan fingerprint density at radius 2 is 1.88 bits per heavy atom. The molecule has 26 heavy (non-hydrogen) atoms. The van der Waals surface area contributed by atoms with Crippen molar-refractivity contribution in [1.82, 2.24) is 5.32 Å². The van der Waals surface area contributed by atoms with Crippen molar-refractivity contribution in [3.63, 3.8) is 0 Å². The Hall–Kier alpha value is -2.99. The summed E-state index contributed by atoms with van der Waals surface area (Å²) in [5.74, 6) is 0.725. The molecule has 1 aromatic heterocycles. The number of carbonyl (C=O) groups is 1. The van der Waals surface area contributed by atoms with Crippen LogP contribution in [-0.4, -0.2) is 32.3 Å². The number of anilines is 2. The van der Waals surface area contributed by atoms with Crippen molar-refractivity contribution in [2.75, 3.05) is 36.5 Å². The van der Waals surface area contributed by atoms with Crippen LogP contribution in [0, 0.1) is 0 Å². The van der Waals surface area contributed by atoms with Gasteiger partial charge in [0.1, 0.15) is 11.3 Å². The van der Waals surface area contributed by atoms with Gasteiger partial charge in [0.15, 0.2) is 0 Å². The average molecular weight is 351 g/mol. The molecule has 2 heterocycles. The Morgan fingerprint density at radius 3 is 2.73 bits per heavy atom. The molecule has 0 bridgehead atoms. The minimum Gasteiger partial charge on any atom is -0.459 e. The summed E-state index contributed by atoms with van der Waals surface area (Å²) in [5.41, 5.74) is 2.67. The lowest BCUT2D eigenvalue weighted by Crippen LogP contribution is -2.36. The highest BCUT2D eigenvalue weighted by Crippen LogP contribution is 2.21. The molecule has 3 aromatic rings. The van der Waals surface area contributed by atoms with E-state index in [0.717, 1.165) is 54.4 Å². The van der Waals surface area contributed by atoms with Gasteiger partial charge in [-0.05, 0) is 30.3 Å². The van der Waals surface area contributed by atoms with Crippen molar-refractivity contribution in [2.45, 2.75) is 6.54 Å². The summed E-state index contributed by atoms with van der Waals surface area (Å²) in [7, 11) is 0. The molecule has 0 saturated carbocycles. The van der Waals surface area contributed by atoms with Gasteiger partial charge >= 0.3 is 6.03 Å². The topological polar surface area (TPSA) is 66.7 Å². The van der Waals surface area contributed by atoms with Crippen LogP contribution < -0.4 is 15.5 Å². The van der Waals surface area contributed by atoms with Crippen LogP contribution in [0.2, 0.25) is 0 Å². The van der Waals surface area contributed by atoms with Crippen LogP contribution in [0.4, 0.5) is 16.2 Å². The first-order valence-electron chi connectivity index (χ1n) is 8.73. The van der Waals surface area contributed by atoms with Crippen molar-refractivity contribution in [3.05, 3.63) is 60.4 Å². The van der Waals surface area contributed by atoms with Gasteiger partial charge in [0, 0.05) is 29.9 Å². The van der Waals surface area contributed by atoms with Crippen LogP contribution in [0.1, 0.15) is 5.76 Å². The second-order valence-corrected chi connectivity index (χ2v) is 6.21. The number of ether oxygens (including phenoxy) is 1. The predicted octanol–water partition coefficient (Wildman–Crippen LogP) is 3.59. The number of benzene rings is 2. The van der Waals surface area contributed by atoms with Crippen molar-refractivity contribution in [2.24, 2.45) is 0 Å². The summed E-state index contributed by atoms with van der Waals surface area (Å²) in [5, 5.41) is 6.74. The van der Waals surface area contributed by atoms with Crippen molar-refractivity contribution < 1.29 is 13.9 Å². The van der Waals surface area contributed by atoms with Gasteiger partial charge in [-0.15, -0.1) is 0 Å². The SMILES string of the molecule is O=C(NCc1cc2ccccc2o1)Nc1cccc(N2CCOCC2)c1. The van der Waals surface area contributed by atoms with E-state index in [1.54, 1.807) is 0 Å². The van der Waals surface area contributed by atoms with E-state index in [1.807, 2.05) is 54.6 Å². The number of rotatable bonds is 4. The summed E-state index contributed by atoms with van der Waals surface area (Å²) >= 11 is 0. The average Bonchev–Trinajstić information content (AvgIpc) is 3.10. The number of carbonyl (C=O) groups excluding carboxylic acids is 1. The number of urea groups is 1. The van der Waals surface area contributed by atoms with E-state index in [2.05, 4.69) is 15.5 Å². The molecule has 0 spiro atoms. The second kappa shape index (κ2) is 7.49. The number of hydrogen-bond donors (Lipinski definition) is 2. The molecule has 1 fully saturated rings. The highest BCUT2D eigenvalue weighted by Gasteiger charge is 2.12. The van der Waals surface area contributed by atoms with Gasteiger partial charge in [-0.2, -0.15) is 0 Å². The Morgan fingerprint density at radius 1 is 1.04 bits per heavy atom. The molecule has 1 aliphatic heterocycles. The molecule has 1 saturated heterocycles. The Bertz CT molecular complexity index is 867. The molecule has 1 aliphatic rings. The number of nitrogens with one attached hydrogen (secondary N) is 2. The van der Waals surface area contributed by atoms with Gasteiger partial charge in [0.2, 0.25) is 0 Å². The third-order valence-electron chi connectivity index (χ3n) is 4.38. The third kappa shape index (κ3) is 3.81. The molecule has 2 aromatic carbocycles. The van der Waals surface area contributed by atoms with E-state index in [9.17, 15) is 4.79 Å². The first kappa shape index (κ1) is 16.5. The quantitative estimate of drug-likeness (QED) is 0.754. The van der Waals surface area contributed by atoms with Crippen LogP contribution in [0.15, 0.2) is 59.0 Å². The minimum absolute atomic E-state index is 0.260. The molecule has 0 radical (unpaired) electrons. The monoisotopic (exact) mass is 351 g/mol. The number of fused-ring (bicyclic) bond motifs is 1. The summed E-state index contributed by atoms with van der Waals surface area (Å²) in [6, 6.07) is 17.3.